The molecule has 270 valence electrons. The zero-order valence-electron chi connectivity index (χ0n) is 31.6. The van der Waals surface area contributed by atoms with Crippen molar-refractivity contribution in [1.29, 1.82) is 0 Å². The summed E-state index contributed by atoms with van der Waals surface area (Å²) >= 11 is 0. The Labute approximate surface area is 335 Å². The molecule has 0 saturated carbocycles. The smallest absolute Gasteiger partial charge is 0.146 e. The average Bonchev–Trinajstić information content (AvgIpc) is 4.09. The molecule has 0 amide bonds. The van der Waals surface area contributed by atoms with Gasteiger partial charge in [-0.25, -0.2) is 4.98 Å². The van der Waals surface area contributed by atoms with Crippen molar-refractivity contribution < 1.29 is 0 Å². The summed E-state index contributed by atoms with van der Waals surface area (Å²) in [5.41, 5.74) is 13.1. The number of hydrogen-bond acceptors (Lipinski definition) is 1. The van der Waals surface area contributed by atoms with Gasteiger partial charge in [-0.05, 0) is 58.1 Å². The molecule has 0 aliphatic rings. The van der Waals surface area contributed by atoms with Crippen LogP contribution in [0.4, 0.5) is 0 Å². The van der Waals surface area contributed by atoms with Gasteiger partial charge in [0.2, 0.25) is 0 Å². The van der Waals surface area contributed by atoms with Crippen molar-refractivity contribution in [3.63, 3.8) is 0 Å². The molecule has 0 fully saturated rings. The Balaban J connectivity index is 1.12. The lowest BCUT2D eigenvalue weighted by Crippen LogP contribution is -1.93. The minimum Gasteiger partial charge on any atom is -0.309 e. The molecule has 4 nitrogen and oxygen atoms in total. The van der Waals surface area contributed by atoms with Gasteiger partial charge in [0.1, 0.15) is 5.65 Å². The normalized spacial score (nSPS) is 12.7. The van der Waals surface area contributed by atoms with Gasteiger partial charge >= 0.3 is 0 Å². The summed E-state index contributed by atoms with van der Waals surface area (Å²) < 4.78 is 7.39. The Morgan fingerprint density at radius 2 is 0.966 bits per heavy atom. The first-order valence-electron chi connectivity index (χ1n) is 20.4. The summed E-state index contributed by atoms with van der Waals surface area (Å²) in [5, 5.41) is 17.6. The molecule has 0 saturated heterocycles. The van der Waals surface area contributed by atoms with Crippen molar-refractivity contribution in [2.75, 3.05) is 0 Å². The predicted octanol–water partition coefficient (Wildman–Crippen LogP) is 14.5. The Kier molecular flexibility index (Phi) is 5.38. The van der Waals surface area contributed by atoms with Gasteiger partial charge < -0.3 is 8.97 Å². The summed E-state index contributed by atoms with van der Waals surface area (Å²) in [5.74, 6) is 0. The van der Waals surface area contributed by atoms with Crippen LogP contribution in [0.2, 0.25) is 0 Å². The van der Waals surface area contributed by atoms with Crippen LogP contribution in [0.5, 0.6) is 0 Å². The van der Waals surface area contributed by atoms with Crippen LogP contribution >= 0.6 is 0 Å². The van der Waals surface area contributed by atoms with E-state index in [0.29, 0.717) is 0 Å². The molecular weight excluding hydrogens is 717 g/mol. The molecule has 59 heavy (non-hydrogen) atoms. The molecule has 0 unspecified atom stereocenters. The van der Waals surface area contributed by atoms with Crippen LogP contribution in [0.1, 0.15) is 0 Å². The first-order valence-corrected chi connectivity index (χ1v) is 20.4. The van der Waals surface area contributed by atoms with Gasteiger partial charge in [-0.3, -0.25) is 4.40 Å². The second kappa shape index (κ2) is 10.5. The van der Waals surface area contributed by atoms with Crippen LogP contribution in [0.3, 0.4) is 0 Å². The predicted molar refractivity (Wildman–Crippen MR) is 248 cm³/mol. The average molecular weight is 747 g/mol. The molecule has 6 aromatic heterocycles. The van der Waals surface area contributed by atoms with Crippen molar-refractivity contribution in [1.82, 2.24) is 18.4 Å². The van der Waals surface area contributed by atoms with E-state index in [0.717, 1.165) is 16.9 Å². The molecule has 15 aromatic rings. The zero-order chi connectivity index (χ0) is 38.1. The Morgan fingerprint density at radius 3 is 1.83 bits per heavy atom. The Hall–Kier alpha value is -7.95. The fourth-order valence-electron chi connectivity index (χ4n) is 11.2. The van der Waals surface area contributed by atoms with Crippen LogP contribution < -0.4 is 0 Å². The van der Waals surface area contributed by atoms with E-state index in [2.05, 4.69) is 195 Å². The molecule has 0 bridgehead atoms. The third-order valence-corrected chi connectivity index (χ3v) is 13.5. The number of aromatic nitrogens is 4. The van der Waals surface area contributed by atoms with Crippen molar-refractivity contribution in [2.24, 2.45) is 0 Å². The maximum Gasteiger partial charge on any atom is 0.146 e. The molecule has 0 atom stereocenters. The lowest BCUT2D eigenvalue weighted by molar-refractivity contribution is 1.18. The highest BCUT2D eigenvalue weighted by atomic mass is 15.0. The third kappa shape index (κ3) is 3.56. The molecule has 0 radical (unpaired) electrons. The van der Waals surface area contributed by atoms with Crippen molar-refractivity contribution in [2.45, 2.75) is 0 Å². The highest BCUT2D eigenvalue weighted by molar-refractivity contribution is 6.37. The van der Waals surface area contributed by atoms with Gasteiger partial charge in [0.05, 0.1) is 44.8 Å². The lowest BCUT2D eigenvalue weighted by atomic mass is 9.93. The van der Waals surface area contributed by atoms with Crippen molar-refractivity contribution in [3.8, 4) is 16.8 Å². The maximum absolute atomic E-state index is 5.51. The second-order valence-corrected chi connectivity index (χ2v) is 16.3. The molecule has 6 heterocycles. The SMILES string of the molecule is c1ccc(-n2c3ccccc3c3cc(-c4c5ccccc5cc5c6cccc7c8c9c%10cccc%11c%12ccc%13ccccc%13c%12n(c9cnc8n(c45)c67)c%11%10)ccc32)cc1. The van der Waals surface area contributed by atoms with Crippen LogP contribution in [0, 0.1) is 0 Å². The van der Waals surface area contributed by atoms with Gasteiger partial charge in [-0.2, -0.15) is 0 Å². The minimum absolute atomic E-state index is 1.00. The number of fused-ring (bicyclic) bond motifs is 19. The Bertz CT molecular complexity index is 4300. The second-order valence-electron chi connectivity index (χ2n) is 16.3. The van der Waals surface area contributed by atoms with Crippen LogP contribution in [-0.4, -0.2) is 18.4 Å². The van der Waals surface area contributed by atoms with Gasteiger partial charge in [0.25, 0.3) is 0 Å². The van der Waals surface area contributed by atoms with E-state index in [1.54, 1.807) is 0 Å². The number of hydrogen-bond donors (Lipinski definition) is 0. The van der Waals surface area contributed by atoms with Gasteiger partial charge in [-0.15, -0.1) is 0 Å². The number of rotatable bonds is 2. The number of pyridine rings is 1. The molecule has 9 aromatic carbocycles. The van der Waals surface area contributed by atoms with E-state index in [4.69, 9.17) is 4.98 Å². The largest absolute Gasteiger partial charge is 0.309 e. The quantitative estimate of drug-likeness (QED) is 0.173. The summed E-state index contributed by atoms with van der Waals surface area (Å²) in [6, 6.07) is 65.0. The Morgan fingerprint density at radius 1 is 0.339 bits per heavy atom. The molecule has 4 heteroatoms. The number of benzene rings is 9. The third-order valence-electron chi connectivity index (χ3n) is 13.5. The van der Waals surface area contributed by atoms with E-state index in [-0.39, 0.29) is 0 Å². The topological polar surface area (TPSA) is 26.6 Å². The summed E-state index contributed by atoms with van der Waals surface area (Å²) in [4.78, 5) is 5.51. The first-order chi connectivity index (χ1) is 29.3. The summed E-state index contributed by atoms with van der Waals surface area (Å²) in [7, 11) is 0. The van der Waals surface area contributed by atoms with E-state index in [9.17, 15) is 0 Å². The van der Waals surface area contributed by atoms with Crippen LogP contribution in [-0.2, 0) is 0 Å². The first kappa shape index (κ1) is 30.2. The molecule has 0 aliphatic heterocycles. The minimum atomic E-state index is 1.00. The van der Waals surface area contributed by atoms with Gasteiger partial charge in [0, 0.05) is 70.5 Å². The summed E-state index contributed by atoms with van der Waals surface area (Å²) in [6.07, 6.45) is 2.14. The van der Waals surface area contributed by atoms with Gasteiger partial charge in [-0.1, -0.05) is 140 Å². The van der Waals surface area contributed by atoms with Crippen LogP contribution in [0.15, 0.2) is 182 Å². The number of nitrogens with zero attached hydrogens (tertiary/aromatic N) is 4. The lowest BCUT2D eigenvalue weighted by Gasteiger charge is -2.12. The highest BCUT2D eigenvalue weighted by Crippen LogP contribution is 2.49. The van der Waals surface area contributed by atoms with E-state index in [1.165, 1.54) is 120 Å². The fraction of sp³-hybridized carbons (Fsp3) is 0. The fourth-order valence-corrected chi connectivity index (χ4v) is 11.2. The molecule has 0 spiro atoms. The zero-order valence-corrected chi connectivity index (χ0v) is 31.6. The van der Waals surface area contributed by atoms with Crippen LogP contribution in [0.25, 0.3) is 136 Å². The molecule has 0 aliphatic carbocycles. The molecule has 15 rings (SSSR count). The number of para-hydroxylation sites is 4. The van der Waals surface area contributed by atoms with E-state index >= 15 is 0 Å². The standard InChI is InChI=1S/C55H30N4/c1-2-14-34(15-3-1)57-45-23-9-8-18-37(45)43-29-33(25-27-46(43)57)48-35-16-6-5-13-32(35)28-44-39-20-11-22-42-50-49-41-21-10-19-38-40-26-24-31-12-4-7-17-36(31)51(40)58(52(38)41)47(49)30-56-55(50)59(53(39)42)54(44)48/h1-30H. The highest BCUT2D eigenvalue weighted by Gasteiger charge is 2.27. The van der Waals surface area contributed by atoms with Crippen molar-refractivity contribution in [3.05, 3.63) is 182 Å². The van der Waals surface area contributed by atoms with E-state index in [1.807, 2.05) is 0 Å². The molecule has 0 N–H and O–H groups in total. The van der Waals surface area contributed by atoms with Gasteiger partial charge in [0.15, 0.2) is 0 Å². The summed E-state index contributed by atoms with van der Waals surface area (Å²) in [6.45, 7) is 0. The molecular formula is C55H30N4. The maximum atomic E-state index is 5.51. The monoisotopic (exact) mass is 746 g/mol. The van der Waals surface area contributed by atoms with E-state index < -0.39 is 0 Å². The van der Waals surface area contributed by atoms with Crippen molar-refractivity contribution >= 4 is 120 Å².